The topological polar surface area (TPSA) is 47.3 Å². The molecule has 0 aliphatic heterocycles. The number of ether oxygens (including phenoxy) is 1. The van der Waals surface area contributed by atoms with Crippen LogP contribution in [0.4, 0.5) is 13.2 Å². The summed E-state index contributed by atoms with van der Waals surface area (Å²) in [7, 11) is 1.20. The molecule has 0 radical (unpaired) electrons. The summed E-state index contributed by atoms with van der Waals surface area (Å²) in [5.74, 6) is 4.86. The summed E-state index contributed by atoms with van der Waals surface area (Å²) in [6.07, 6.45) is -4.42. The molecule has 3 nitrogen and oxygen atoms in total. The number of rotatable bonds is 3. The normalized spacial score (nSPS) is 11.5. The van der Waals surface area contributed by atoms with E-state index >= 15 is 0 Å². The van der Waals surface area contributed by atoms with Gasteiger partial charge in [-0.25, -0.2) is 0 Å². The molecule has 6 heteroatoms. The number of nitrogens with one attached hydrogen (secondary N) is 1. The van der Waals surface area contributed by atoms with E-state index in [4.69, 9.17) is 10.6 Å². The lowest BCUT2D eigenvalue weighted by atomic mass is 10.1. The van der Waals surface area contributed by atoms with Crippen molar-refractivity contribution in [3.63, 3.8) is 0 Å². The molecule has 84 valence electrons. The van der Waals surface area contributed by atoms with Crippen LogP contribution in [0, 0.1) is 0 Å². The standard InChI is InChI=1S/C9H11F3N2O/c1-15-8-6(5-14-13)3-2-4-7(8)9(10,11)12/h2-4,14H,5,13H2,1H3. The Morgan fingerprint density at radius 1 is 1.40 bits per heavy atom. The maximum absolute atomic E-state index is 12.5. The van der Waals surface area contributed by atoms with Crippen LogP contribution in [0.5, 0.6) is 5.75 Å². The van der Waals surface area contributed by atoms with Crippen LogP contribution in [0.25, 0.3) is 0 Å². The van der Waals surface area contributed by atoms with Gasteiger partial charge in [-0.2, -0.15) is 13.2 Å². The average Bonchev–Trinajstić information content (AvgIpc) is 2.16. The predicted octanol–water partition coefficient (Wildman–Crippen LogP) is 1.68. The van der Waals surface area contributed by atoms with E-state index < -0.39 is 11.7 Å². The number of hydrazine groups is 1. The molecule has 0 unspecified atom stereocenters. The molecule has 0 heterocycles. The van der Waals surface area contributed by atoms with Crippen molar-refractivity contribution in [2.45, 2.75) is 12.7 Å². The summed E-state index contributed by atoms with van der Waals surface area (Å²) in [5, 5.41) is 0. The second-order valence-electron chi connectivity index (χ2n) is 2.88. The van der Waals surface area contributed by atoms with Crippen molar-refractivity contribution >= 4 is 0 Å². The van der Waals surface area contributed by atoms with Gasteiger partial charge in [0.2, 0.25) is 0 Å². The van der Waals surface area contributed by atoms with Gasteiger partial charge < -0.3 is 4.74 Å². The van der Waals surface area contributed by atoms with Gasteiger partial charge in [0, 0.05) is 12.1 Å². The lowest BCUT2D eigenvalue weighted by Crippen LogP contribution is -2.22. The maximum Gasteiger partial charge on any atom is 0.419 e. The fourth-order valence-electron chi connectivity index (χ4n) is 1.30. The molecular formula is C9H11F3N2O. The number of benzene rings is 1. The van der Waals surface area contributed by atoms with E-state index in [0.717, 1.165) is 6.07 Å². The molecule has 0 spiro atoms. The van der Waals surface area contributed by atoms with Gasteiger partial charge in [-0.15, -0.1) is 0 Å². The Hall–Kier alpha value is -1.27. The summed E-state index contributed by atoms with van der Waals surface area (Å²) < 4.78 is 42.3. The van der Waals surface area contributed by atoms with Crippen molar-refractivity contribution in [2.75, 3.05) is 7.11 Å². The van der Waals surface area contributed by atoms with Gasteiger partial charge in [-0.3, -0.25) is 11.3 Å². The Balaban J connectivity index is 3.22. The highest BCUT2D eigenvalue weighted by molar-refractivity contribution is 5.43. The van der Waals surface area contributed by atoms with Crippen molar-refractivity contribution in [1.29, 1.82) is 0 Å². The molecule has 0 saturated carbocycles. The highest BCUT2D eigenvalue weighted by atomic mass is 19.4. The van der Waals surface area contributed by atoms with Gasteiger partial charge >= 0.3 is 6.18 Å². The molecule has 15 heavy (non-hydrogen) atoms. The second-order valence-corrected chi connectivity index (χ2v) is 2.88. The summed E-state index contributed by atoms with van der Waals surface area (Å²) >= 11 is 0. The minimum atomic E-state index is -4.42. The fraction of sp³-hybridized carbons (Fsp3) is 0.333. The zero-order valence-corrected chi connectivity index (χ0v) is 8.06. The zero-order valence-electron chi connectivity index (χ0n) is 8.06. The molecule has 0 amide bonds. The van der Waals surface area contributed by atoms with Gasteiger partial charge in [-0.05, 0) is 6.07 Å². The molecule has 0 aliphatic rings. The molecule has 0 aromatic heterocycles. The molecule has 0 aliphatic carbocycles. The molecule has 1 aromatic carbocycles. The Labute approximate surface area is 85.0 Å². The van der Waals surface area contributed by atoms with Crippen molar-refractivity contribution in [1.82, 2.24) is 5.43 Å². The number of nitrogens with two attached hydrogens (primary N) is 1. The maximum atomic E-state index is 12.5. The van der Waals surface area contributed by atoms with Gasteiger partial charge in [0.25, 0.3) is 0 Å². The first-order valence-electron chi connectivity index (χ1n) is 4.17. The van der Waals surface area contributed by atoms with E-state index in [9.17, 15) is 13.2 Å². The van der Waals surface area contributed by atoms with Crippen LogP contribution in [0.3, 0.4) is 0 Å². The molecule has 1 rings (SSSR count). The van der Waals surface area contributed by atoms with E-state index in [1.54, 1.807) is 0 Å². The monoisotopic (exact) mass is 220 g/mol. The van der Waals surface area contributed by atoms with E-state index in [2.05, 4.69) is 5.43 Å². The molecule has 0 saturated heterocycles. The van der Waals surface area contributed by atoms with Gasteiger partial charge in [-0.1, -0.05) is 12.1 Å². The number of methoxy groups -OCH3 is 1. The molecule has 0 bridgehead atoms. The first kappa shape index (κ1) is 11.8. The Morgan fingerprint density at radius 2 is 2.07 bits per heavy atom. The third-order valence-corrected chi connectivity index (χ3v) is 1.90. The van der Waals surface area contributed by atoms with Crippen molar-refractivity contribution in [2.24, 2.45) is 5.84 Å². The van der Waals surface area contributed by atoms with Crippen LogP contribution in [0.2, 0.25) is 0 Å². The second kappa shape index (κ2) is 4.50. The Morgan fingerprint density at radius 3 is 2.53 bits per heavy atom. The molecule has 3 N–H and O–H groups in total. The highest BCUT2D eigenvalue weighted by Gasteiger charge is 2.34. The van der Waals surface area contributed by atoms with Gasteiger partial charge in [0.15, 0.2) is 0 Å². The average molecular weight is 220 g/mol. The largest absolute Gasteiger partial charge is 0.496 e. The van der Waals surface area contributed by atoms with Crippen LogP contribution in [-0.2, 0) is 12.7 Å². The number of para-hydroxylation sites is 1. The van der Waals surface area contributed by atoms with Crippen LogP contribution >= 0.6 is 0 Å². The van der Waals surface area contributed by atoms with E-state index in [1.165, 1.54) is 19.2 Å². The highest BCUT2D eigenvalue weighted by Crippen LogP contribution is 2.37. The van der Waals surface area contributed by atoms with Crippen molar-refractivity contribution in [3.05, 3.63) is 29.3 Å². The van der Waals surface area contributed by atoms with Crippen LogP contribution in [0.15, 0.2) is 18.2 Å². The van der Waals surface area contributed by atoms with Crippen LogP contribution in [0.1, 0.15) is 11.1 Å². The molecular weight excluding hydrogens is 209 g/mol. The Kier molecular flexibility index (Phi) is 3.54. The van der Waals surface area contributed by atoms with Crippen LogP contribution < -0.4 is 16.0 Å². The first-order chi connectivity index (χ1) is 7.00. The number of hydrogen-bond donors (Lipinski definition) is 2. The van der Waals surface area contributed by atoms with Crippen molar-refractivity contribution < 1.29 is 17.9 Å². The summed E-state index contributed by atoms with van der Waals surface area (Å²) in [5.41, 5.74) is 1.87. The molecule has 0 fully saturated rings. The number of halogens is 3. The lowest BCUT2D eigenvalue weighted by molar-refractivity contribution is -0.138. The van der Waals surface area contributed by atoms with Crippen LogP contribution in [-0.4, -0.2) is 7.11 Å². The third kappa shape index (κ3) is 2.60. The SMILES string of the molecule is COc1c(CNN)cccc1C(F)(F)F. The Bertz CT molecular complexity index is 339. The summed E-state index contributed by atoms with van der Waals surface area (Å²) in [4.78, 5) is 0. The summed E-state index contributed by atoms with van der Waals surface area (Å²) in [6.45, 7) is 0.118. The number of hydrogen-bond acceptors (Lipinski definition) is 3. The smallest absolute Gasteiger partial charge is 0.419 e. The molecule has 0 atom stereocenters. The summed E-state index contributed by atoms with van der Waals surface area (Å²) in [6, 6.07) is 3.81. The van der Waals surface area contributed by atoms with Gasteiger partial charge in [0.1, 0.15) is 5.75 Å². The molecule has 1 aromatic rings. The number of alkyl halides is 3. The zero-order chi connectivity index (χ0) is 11.5. The minimum Gasteiger partial charge on any atom is -0.496 e. The van der Waals surface area contributed by atoms with Gasteiger partial charge in [0.05, 0.1) is 12.7 Å². The van der Waals surface area contributed by atoms with E-state index in [1.807, 2.05) is 0 Å². The fourth-order valence-corrected chi connectivity index (χ4v) is 1.30. The van der Waals surface area contributed by atoms with E-state index in [-0.39, 0.29) is 12.3 Å². The first-order valence-corrected chi connectivity index (χ1v) is 4.17. The van der Waals surface area contributed by atoms with E-state index in [0.29, 0.717) is 5.56 Å². The predicted molar refractivity (Wildman–Crippen MR) is 49.0 cm³/mol. The lowest BCUT2D eigenvalue weighted by Gasteiger charge is -2.15. The van der Waals surface area contributed by atoms with Crippen molar-refractivity contribution in [3.8, 4) is 5.75 Å². The quantitative estimate of drug-likeness (QED) is 0.601. The minimum absolute atomic E-state index is 0.118. The third-order valence-electron chi connectivity index (χ3n) is 1.90.